The van der Waals surface area contributed by atoms with Crippen molar-refractivity contribution in [1.82, 2.24) is 0 Å². The van der Waals surface area contributed by atoms with Crippen LogP contribution < -0.4 is 0 Å². The number of allylic oxidation sites excluding steroid dienone is 2. The van der Waals surface area contributed by atoms with Gasteiger partial charge < -0.3 is 4.74 Å². The van der Waals surface area contributed by atoms with Gasteiger partial charge in [0.05, 0.1) is 6.61 Å². The third-order valence-electron chi connectivity index (χ3n) is 3.21. The van der Waals surface area contributed by atoms with Gasteiger partial charge in [0.1, 0.15) is 5.41 Å². The predicted molar refractivity (Wildman–Crippen MR) is 57.4 cm³/mol. The zero-order valence-electron chi connectivity index (χ0n) is 9.85. The maximum Gasteiger partial charge on any atom is 0.319 e. The molecule has 0 aliphatic heterocycles. The molecule has 15 heavy (non-hydrogen) atoms. The Bertz CT molecular complexity index is 328. The van der Waals surface area contributed by atoms with Gasteiger partial charge in [-0.05, 0) is 46.1 Å². The summed E-state index contributed by atoms with van der Waals surface area (Å²) in [6.07, 6.45) is 1.36. The first-order chi connectivity index (χ1) is 6.93. The number of esters is 1. The molecule has 1 rings (SSSR count). The second kappa shape index (κ2) is 4.17. The summed E-state index contributed by atoms with van der Waals surface area (Å²) in [6, 6.07) is 0. The topological polar surface area (TPSA) is 43.4 Å². The maximum absolute atomic E-state index is 12.0. The van der Waals surface area contributed by atoms with Crippen molar-refractivity contribution in [3.05, 3.63) is 11.1 Å². The maximum atomic E-state index is 12.0. The number of Topliss-reactive ketones (excluding diaryl/α,β-unsaturated/α-hetero) is 1. The molecule has 0 heterocycles. The molecule has 1 unspecified atom stereocenters. The summed E-state index contributed by atoms with van der Waals surface area (Å²) < 4.78 is 4.96. The quantitative estimate of drug-likeness (QED) is 0.518. The van der Waals surface area contributed by atoms with E-state index >= 15 is 0 Å². The minimum atomic E-state index is -0.959. The van der Waals surface area contributed by atoms with Crippen LogP contribution in [0.25, 0.3) is 0 Å². The summed E-state index contributed by atoms with van der Waals surface area (Å²) in [4.78, 5) is 23.7. The standard InChI is InChI=1S/C12H18O3/c1-5-15-11(14)12(4)7-6-8(2)9(3)10(12)13/h5-7H2,1-4H3. The molecule has 0 N–H and O–H groups in total. The van der Waals surface area contributed by atoms with Crippen LogP contribution in [0, 0.1) is 5.41 Å². The van der Waals surface area contributed by atoms with Gasteiger partial charge in [0, 0.05) is 0 Å². The first-order valence-electron chi connectivity index (χ1n) is 5.32. The van der Waals surface area contributed by atoms with Crippen molar-refractivity contribution >= 4 is 11.8 Å². The Hall–Kier alpha value is -1.12. The van der Waals surface area contributed by atoms with Crippen LogP contribution in [0.1, 0.15) is 40.5 Å². The minimum absolute atomic E-state index is 0.0790. The van der Waals surface area contributed by atoms with E-state index in [4.69, 9.17) is 4.74 Å². The van der Waals surface area contributed by atoms with Crippen LogP contribution in [0.4, 0.5) is 0 Å². The van der Waals surface area contributed by atoms with Gasteiger partial charge in [0.25, 0.3) is 0 Å². The summed E-state index contributed by atoms with van der Waals surface area (Å²) in [7, 11) is 0. The van der Waals surface area contributed by atoms with E-state index in [9.17, 15) is 9.59 Å². The van der Waals surface area contributed by atoms with Crippen molar-refractivity contribution < 1.29 is 14.3 Å². The van der Waals surface area contributed by atoms with Crippen molar-refractivity contribution in [3.8, 4) is 0 Å². The number of carbonyl (C=O) groups is 2. The van der Waals surface area contributed by atoms with E-state index in [0.29, 0.717) is 13.0 Å². The lowest BCUT2D eigenvalue weighted by Gasteiger charge is -2.30. The first-order valence-corrected chi connectivity index (χ1v) is 5.32. The molecule has 0 bridgehead atoms. The Morgan fingerprint density at radius 2 is 2.07 bits per heavy atom. The highest BCUT2D eigenvalue weighted by Gasteiger charge is 2.45. The van der Waals surface area contributed by atoms with Crippen LogP contribution in [0.2, 0.25) is 0 Å². The van der Waals surface area contributed by atoms with Crippen LogP contribution in [-0.4, -0.2) is 18.4 Å². The third kappa shape index (κ3) is 1.96. The first kappa shape index (κ1) is 12.0. The fraction of sp³-hybridized carbons (Fsp3) is 0.667. The summed E-state index contributed by atoms with van der Waals surface area (Å²) in [5.41, 5.74) is 0.846. The fourth-order valence-electron chi connectivity index (χ4n) is 1.83. The lowest BCUT2D eigenvalue weighted by atomic mass is 9.72. The molecule has 3 heteroatoms. The molecule has 0 aromatic carbocycles. The molecule has 0 aromatic rings. The lowest BCUT2D eigenvalue weighted by molar-refractivity contribution is -0.158. The lowest BCUT2D eigenvalue weighted by Crippen LogP contribution is -2.41. The molecule has 0 amide bonds. The van der Waals surface area contributed by atoms with Crippen LogP contribution in [0.15, 0.2) is 11.1 Å². The molecular formula is C12H18O3. The zero-order valence-corrected chi connectivity index (χ0v) is 9.85. The number of carbonyl (C=O) groups excluding carboxylic acids is 2. The Labute approximate surface area is 90.5 Å². The van der Waals surface area contributed by atoms with Crippen molar-refractivity contribution in [2.45, 2.75) is 40.5 Å². The minimum Gasteiger partial charge on any atom is -0.465 e. The molecule has 1 aliphatic rings. The second-order valence-electron chi connectivity index (χ2n) is 4.29. The summed E-state index contributed by atoms with van der Waals surface area (Å²) in [6.45, 7) is 7.49. The Morgan fingerprint density at radius 3 is 2.60 bits per heavy atom. The van der Waals surface area contributed by atoms with Gasteiger partial charge in [-0.15, -0.1) is 0 Å². The van der Waals surface area contributed by atoms with E-state index < -0.39 is 5.41 Å². The normalized spacial score (nSPS) is 26.8. The van der Waals surface area contributed by atoms with E-state index in [0.717, 1.165) is 17.6 Å². The van der Waals surface area contributed by atoms with Crippen molar-refractivity contribution in [3.63, 3.8) is 0 Å². The van der Waals surface area contributed by atoms with E-state index in [1.807, 2.05) is 6.92 Å². The largest absolute Gasteiger partial charge is 0.465 e. The zero-order chi connectivity index (χ0) is 11.6. The van der Waals surface area contributed by atoms with Gasteiger partial charge in [-0.1, -0.05) is 5.57 Å². The van der Waals surface area contributed by atoms with Gasteiger partial charge >= 0.3 is 5.97 Å². The highest BCUT2D eigenvalue weighted by atomic mass is 16.5. The van der Waals surface area contributed by atoms with Crippen molar-refractivity contribution in [1.29, 1.82) is 0 Å². The molecule has 0 saturated carbocycles. The van der Waals surface area contributed by atoms with Crippen LogP contribution in [-0.2, 0) is 14.3 Å². The van der Waals surface area contributed by atoms with Crippen LogP contribution >= 0.6 is 0 Å². The summed E-state index contributed by atoms with van der Waals surface area (Å²) >= 11 is 0. The fourth-order valence-corrected chi connectivity index (χ4v) is 1.83. The average Bonchev–Trinajstić information content (AvgIpc) is 2.21. The van der Waals surface area contributed by atoms with Gasteiger partial charge in [-0.3, -0.25) is 9.59 Å². The van der Waals surface area contributed by atoms with Gasteiger partial charge in [-0.2, -0.15) is 0 Å². The Balaban J connectivity index is 2.98. The molecule has 1 aliphatic carbocycles. The number of rotatable bonds is 2. The number of hydrogen-bond donors (Lipinski definition) is 0. The molecule has 84 valence electrons. The van der Waals surface area contributed by atoms with Crippen molar-refractivity contribution in [2.75, 3.05) is 6.61 Å². The number of hydrogen-bond acceptors (Lipinski definition) is 3. The van der Waals surface area contributed by atoms with Crippen LogP contribution in [0.3, 0.4) is 0 Å². The van der Waals surface area contributed by atoms with Gasteiger partial charge in [0.2, 0.25) is 0 Å². The molecule has 0 radical (unpaired) electrons. The average molecular weight is 210 g/mol. The summed E-state index contributed by atoms with van der Waals surface area (Å²) in [5.74, 6) is -0.466. The third-order valence-corrected chi connectivity index (χ3v) is 3.21. The highest BCUT2D eigenvalue weighted by molar-refractivity contribution is 6.12. The monoisotopic (exact) mass is 210 g/mol. The molecular weight excluding hydrogens is 192 g/mol. The van der Waals surface area contributed by atoms with E-state index in [1.54, 1.807) is 20.8 Å². The summed E-state index contributed by atoms with van der Waals surface area (Å²) in [5, 5.41) is 0. The van der Waals surface area contributed by atoms with Crippen molar-refractivity contribution in [2.24, 2.45) is 5.41 Å². The second-order valence-corrected chi connectivity index (χ2v) is 4.29. The van der Waals surface area contributed by atoms with E-state index in [2.05, 4.69) is 0 Å². The Kier molecular flexibility index (Phi) is 3.32. The highest BCUT2D eigenvalue weighted by Crippen LogP contribution is 2.36. The van der Waals surface area contributed by atoms with Crippen LogP contribution in [0.5, 0.6) is 0 Å². The smallest absolute Gasteiger partial charge is 0.319 e. The van der Waals surface area contributed by atoms with E-state index in [-0.39, 0.29) is 11.8 Å². The molecule has 0 fully saturated rings. The number of ketones is 1. The molecule has 0 aromatic heterocycles. The van der Waals surface area contributed by atoms with Gasteiger partial charge in [-0.25, -0.2) is 0 Å². The SMILES string of the molecule is CCOC(=O)C1(C)CCC(C)=C(C)C1=O. The van der Waals surface area contributed by atoms with E-state index in [1.165, 1.54) is 0 Å². The number of ether oxygens (including phenoxy) is 1. The van der Waals surface area contributed by atoms with Gasteiger partial charge in [0.15, 0.2) is 5.78 Å². The molecule has 1 atom stereocenters. The molecule has 3 nitrogen and oxygen atoms in total. The Morgan fingerprint density at radius 1 is 1.47 bits per heavy atom. The molecule has 0 saturated heterocycles. The predicted octanol–water partition coefficient (Wildman–Crippen LogP) is 2.26. The molecule has 0 spiro atoms.